The highest BCUT2D eigenvalue weighted by Crippen LogP contribution is 2.26. The van der Waals surface area contributed by atoms with E-state index in [4.69, 9.17) is 58.0 Å². The zero-order valence-electron chi connectivity index (χ0n) is 43.0. The Morgan fingerprint density at radius 3 is 1.70 bits per heavy atom. The molecule has 2 aliphatic rings. The van der Waals surface area contributed by atoms with Gasteiger partial charge in [0.25, 0.3) is 11.8 Å². The van der Waals surface area contributed by atoms with Crippen LogP contribution in [0.5, 0.6) is 0 Å². The summed E-state index contributed by atoms with van der Waals surface area (Å²) in [5.41, 5.74) is 3.19. The van der Waals surface area contributed by atoms with Gasteiger partial charge in [0.05, 0.1) is 22.1 Å². The Morgan fingerprint density at radius 1 is 0.608 bits per heavy atom. The number of fused-ring (bicyclic) bond motifs is 1. The van der Waals surface area contributed by atoms with E-state index in [9.17, 15) is 19.2 Å². The van der Waals surface area contributed by atoms with Crippen LogP contribution in [0.15, 0.2) is 103 Å². The number of halogens is 5. The van der Waals surface area contributed by atoms with Crippen LogP contribution in [0, 0.1) is 0 Å². The average molecular weight is 1110 g/mol. The van der Waals surface area contributed by atoms with Crippen LogP contribution < -0.4 is 31.9 Å². The molecule has 7 rings (SSSR count). The molecule has 2 fully saturated rings. The Bertz CT molecular complexity index is 2640. The van der Waals surface area contributed by atoms with E-state index in [2.05, 4.69) is 90.8 Å². The number of carbonyl (C=O) groups is 4. The first-order valence-corrected chi connectivity index (χ1v) is 27.6. The first-order chi connectivity index (χ1) is 35.5. The third-order valence-electron chi connectivity index (χ3n) is 13.3. The molecule has 5 aromatic rings. The highest BCUT2D eigenvalue weighted by Gasteiger charge is 2.33. The Hall–Kier alpha value is -4.47. The van der Waals surface area contributed by atoms with E-state index in [1.54, 1.807) is 24.3 Å². The number of carbonyl (C=O) groups excluding carboxylic acids is 4. The van der Waals surface area contributed by atoms with Crippen molar-refractivity contribution in [2.75, 3.05) is 45.8 Å². The predicted octanol–water partition coefficient (Wildman–Crippen LogP) is 10.5. The minimum Gasteiger partial charge on any atom is -0.350 e. The third kappa shape index (κ3) is 18.1. The van der Waals surface area contributed by atoms with Crippen molar-refractivity contribution in [3.05, 3.63) is 150 Å². The minimum atomic E-state index is -0.384. The molecule has 398 valence electrons. The summed E-state index contributed by atoms with van der Waals surface area (Å²) in [4.78, 5) is 56.7. The monoisotopic (exact) mass is 1110 g/mol. The van der Waals surface area contributed by atoms with E-state index in [1.807, 2.05) is 64.4 Å². The van der Waals surface area contributed by atoms with Crippen molar-refractivity contribution in [2.24, 2.45) is 0 Å². The van der Waals surface area contributed by atoms with Crippen LogP contribution in [0.25, 0.3) is 10.8 Å². The van der Waals surface area contributed by atoms with Crippen molar-refractivity contribution in [3.63, 3.8) is 0 Å². The SMILES string of the molecule is CC(C)NCC[C@@H]1N[C@H](CNC(=O)c2ccc(Cl)c(Cl)c2)CCN(Cc2cc(Cl)cc(Cl)c2)C1=O.CC[C@H](CN1CC[C@@H](CNC(=O)c2ccc3cc(Cl)ccc3c2)N[C@@H](CCNC(C)C)C1=O)c1ccccc1. The first kappa shape index (κ1) is 58.8. The maximum absolute atomic E-state index is 13.7. The van der Waals surface area contributed by atoms with Crippen molar-refractivity contribution in [2.45, 2.75) is 115 Å². The Balaban J connectivity index is 0.000000242. The molecule has 4 amide bonds. The molecule has 0 spiro atoms. The number of nitrogens with one attached hydrogen (secondary N) is 6. The molecule has 0 aromatic heterocycles. The van der Waals surface area contributed by atoms with Crippen LogP contribution in [-0.2, 0) is 16.1 Å². The maximum Gasteiger partial charge on any atom is 0.251 e. The second-order valence-corrected chi connectivity index (χ2v) is 21.9. The topological polar surface area (TPSA) is 147 Å². The minimum absolute atomic E-state index is 0.00279. The fourth-order valence-electron chi connectivity index (χ4n) is 9.28. The molecule has 6 N–H and O–H groups in total. The predicted molar refractivity (Wildman–Crippen MR) is 304 cm³/mol. The van der Waals surface area contributed by atoms with Gasteiger partial charge in [-0.3, -0.25) is 19.2 Å². The standard InChI is InChI=1S/C32H41ClN4O2.C25H30Cl4N4O2/c1-4-23(24-8-6-5-7-9-24)21-37-17-15-29(36-30(32(37)39)14-16-34-22(2)3)20-35-31(38)27-11-10-26-19-28(33)13-12-25(26)18-27;1-15(2)30-7-5-23-25(35)33(14-16-9-18(26)12-19(27)10-16)8-6-20(32-23)13-31-24(34)17-3-4-21(28)22(29)11-17/h5-13,18-19,22-23,29-30,34,36H,4,14-17,20-21H2,1-3H3,(H,35,38);3-4,9-12,15,20,23,30,32H,5-8,13-14H2,1-2H3,(H,31,34)/t23-,29+,30+;20-,23-/m10/s1. The summed E-state index contributed by atoms with van der Waals surface area (Å²) in [7, 11) is 0. The van der Waals surface area contributed by atoms with Gasteiger partial charge in [-0.1, -0.05) is 135 Å². The van der Waals surface area contributed by atoms with Crippen molar-refractivity contribution in [1.29, 1.82) is 0 Å². The van der Waals surface area contributed by atoms with Gasteiger partial charge in [0, 0.05) is 95.5 Å². The molecule has 0 saturated carbocycles. The van der Waals surface area contributed by atoms with Crippen LogP contribution >= 0.6 is 58.0 Å². The van der Waals surface area contributed by atoms with Crippen molar-refractivity contribution < 1.29 is 19.2 Å². The largest absolute Gasteiger partial charge is 0.350 e. The van der Waals surface area contributed by atoms with Gasteiger partial charge >= 0.3 is 0 Å². The van der Waals surface area contributed by atoms with Crippen LogP contribution in [0.2, 0.25) is 25.1 Å². The van der Waals surface area contributed by atoms with E-state index in [1.165, 1.54) is 5.56 Å². The van der Waals surface area contributed by atoms with E-state index < -0.39 is 0 Å². The van der Waals surface area contributed by atoms with Gasteiger partial charge in [-0.25, -0.2) is 0 Å². The molecule has 2 saturated heterocycles. The molecule has 74 heavy (non-hydrogen) atoms. The van der Waals surface area contributed by atoms with E-state index in [-0.39, 0.29) is 47.8 Å². The van der Waals surface area contributed by atoms with Crippen LogP contribution in [0.1, 0.15) is 104 Å². The van der Waals surface area contributed by atoms with Gasteiger partial charge in [0.15, 0.2) is 0 Å². The Labute approximate surface area is 462 Å². The summed E-state index contributed by atoms with van der Waals surface area (Å²) < 4.78 is 0. The molecule has 5 atom stereocenters. The summed E-state index contributed by atoms with van der Waals surface area (Å²) in [6.45, 7) is 15.1. The summed E-state index contributed by atoms with van der Waals surface area (Å²) >= 11 is 30.4. The Kier molecular flexibility index (Phi) is 23.2. The third-order valence-corrected chi connectivity index (χ3v) is 14.7. The normalized spacial score (nSPS) is 18.7. The van der Waals surface area contributed by atoms with Gasteiger partial charge in [0.2, 0.25) is 11.8 Å². The summed E-state index contributed by atoms with van der Waals surface area (Å²) in [5.74, 6) is 0.101. The highest BCUT2D eigenvalue weighted by atomic mass is 35.5. The molecular formula is C57H71Cl5N8O4. The van der Waals surface area contributed by atoms with E-state index in [0.717, 1.165) is 35.7 Å². The quantitative estimate of drug-likeness (QED) is 0.0452. The van der Waals surface area contributed by atoms with Gasteiger partial charge in [-0.2, -0.15) is 0 Å². The summed E-state index contributed by atoms with van der Waals surface area (Å²) in [6.07, 6.45) is 3.75. The van der Waals surface area contributed by atoms with Crippen molar-refractivity contribution >= 4 is 92.4 Å². The fraction of sp³-hybridized carbons (Fsp3) is 0.439. The molecule has 17 heteroatoms. The zero-order valence-corrected chi connectivity index (χ0v) is 46.7. The van der Waals surface area contributed by atoms with Crippen molar-refractivity contribution in [3.8, 4) is 0 Å². The molecule has 0 unspecified atom stereocenters. The van der Waals surface area contributed by atoms with Crippen LogP contribution in [0.4, 0.5) is 0 Å². The zero-order chi connectivity index (χ0) is 53.3. The molecule has 0 bridgehead atoms. The van der Waals surface area contributed by atoms with E-state index >= 15 is 0 Å². The van der Waals surface area contributed by atoms with E-state index in [0.29, 0.717) is 119 Å². The number of rotatable bonds is 20. The highest BCUT2D eigenvalue weighted by molar-refractivity contribution is 6.42. The molecule has 2 heterocycles. The first-order valence-electron chi connectivity index (χ1n) is 25.7. The van der Waals surface area contributed by atoms with Gasteiger partial charge < -0.3 is 41.7 Å². The number of hydrogen-bond donors (Lipinski definition) is 6. The Morgan fingerprint density at radius 2 is 1.14 bits per heavy atom. The number of benzene rings is 5. The summed E-state index contributed by atoms with van der Waals surface area (Å²) in [6, 6.07) is 31.8. The number of amides is 4. The molecule has 2 aliphatic heterocycles. The van der Waals surface area contributed by atoms with Crippen LogP contribution in [0.3, 0.4) is 0 Å². The lowest BCUT2D eigenvalue weighted by molar-refractivity contribution is -0.134. The van der Waals surface area contributed by atoms with Gasteiger partial charge in [-0.15, -0.1) is 0 Å². The molecule has 5 aromatic carbocycles. The lowest BCUT2D eigenvalue weighted by Gasteiger charge is -2.29. The lowest BCUT2D eigenvalue weighted by Crippen LogP contribution is -2.50. The number of hydrogen-bond acceptors (Lipinski definition) is 8. The second-order valence-electron chi connectivity index (χ2n) is 19.8. The average Bonchev–Trinajstić information content (AvgIpc) is 3.61. The summed E-state index contributed by atoms with van der Waals surface area (Å²) in [5, 5.41) is 24.4. The van der Waals surface area contributed by atoms with Crippen molar-refractivity contribution in [1.82, 2.24) is 41.7 Å². The van der Waals surface area contributed by atoms with Crippen LogP contribution in [-0.4, -0.2) is 115 Å². The molecule has 12 nitrogen and oxygen atoms in total. The maximum atomic E-state index is 13.7. The number of nitrogens with zero attached hydrogens (tertiary/aromatic N) is 2. The smallest absolute Gasteiger partial charge is 0.251 e. The molecule has 0 aliphatic carbocycles. The van der Waals surface area contributed by atoms with Gasteiger partial charge in [0.1, 0.15) is 0 Å². The lowest BCUT2D eigenvalue weighted by atomic mass is 9.95. The fourth-order valence-corrected chi connectivity index (χ4v) is 10.3. The van der Waals surface area contributed by atoms with Gasteiger partial charge in [-0.05, 0) is 128 Å². The second kappa shape index (κ2) is 29.2. The molecule has 0 radical (unpaired) electrons. The molecular weight excluding hydrogens is 1040 g/mol.